The van der Waals surface area contributed by atoms with Crippen molar-refractivity contribution in [2.24, 2.45) is 0 Å². The van der Waals surface area contributed by atoms with E-state index in [2.05, 4.69) is 12.6 Å². The lowest BCUT2D eigenvalue weighted by atomic mass is 10.1. The van der Waals surface area contributed by atoms with Gasteiger partial charge < -0.3 is 9.80 Å². The predicted molar refractivity (Wildman–Crippen MR) is 59.5 cm³/mol. The van der Waals surface area contributed by atoms with Crippen molar-refractivity contribution in [3.63, 3.8) is 0 Å². The minimum absolute atomic E-state index is 0.150. The van der Waals surface area contributed by atoms with Crippen molar-refractivity contribution >= 4 is 18.7 Å². The van der Waals surface area contributed by atoms with Crippen LogP contribution in [0.2, 0.25) is 0 Å². The fourth-order valence-corrected chi connectivity index (χ4v) is 2.62. The molecule has 2 rings (SSSR count). The summed E-state index contributed by atoms with van der Waals surface area (Å²) >= 11 is 4.47. The molecule has 2 heterocycles. The second-order valence-corrected chi connectivity index (χ2v) is 4.74. The monoisotopic (exact) mass is 214 g/mol. The van der Waals surface area contributed by atoms with E-state index < -0.39 is 0 Å². The molecule has 14 heavy (non-hydrogen) atoms. The van der Waals surface area contributed by atoms with Crippen LogP contribution < -0.4 is 0 Å². The molecule has 0 N–H and O–H groups in total. The first kappa shape index (κ1) is 10.1. The number of hydrogen-bond donors (Lipinski definition) is 1. The van der Waals surface area contributed by atoms with Crippen LogP contribution in [0.5, 0.6) is 0 Å². The maximum Gasteiger partial charge on any atom is 0.320 e. The average Bonchev–Trinajstić information content (AvgIpc) is 2.70. The van der Waals surface area contributed by atoms with Crippen molar-refractivity contribution in [3.05, 3.63) is 0 Å². The molecule has 1 unspecified atom stereocenters. The second kappa shape index (κ2) is 4.43. The minimum atomic E-state index is 0.150. The average molecular weight is 214 g/mol. The molecule has 2 amide bonds. The normalized spacial score (nSPS) is 28.2. The number of urea groups is 1. The van der Waals surface area contributed by atoms with Crippen molar-refractivity contribution in [3.8, 4) is 0 Å². The van der Waals surface area contributed by atoms with E-state index in [1.807, 2.05) is 9.80 Å². The van der Waals surface area contributed by atoms with E-state index in [1.54, 1.807) is 0 Å². The summed E-state index contributed by atoms with van der Waals surface area (Å²) in [6.07, 6.45) is 5.71. The molecule has 0 aliphatic carbocycles. The van der Waals surface area contributed by atoms with Gasteiger partial charge in [0.15, 0.2) is 0 Å². The van der Waals surface area contributed by atoms with Gasteiger partial charge in [-0.2, -0.15) is 12.6 Å². The van der Waals surface area contributed by atoms with Crippen LogP contribution in [0.25, 0.3) is 0 Å². The molecule has 0 spiro atoms. The molecule has 0 bridgehead atoms. The zero-order valence-corrected chi connectivity index (χ0v) is 9.38. The molecule has 2 fully saturated rings. The van der Waals surface area contributed by atoms with Crippen molar-refractivity contribution in [1.82, 2.24) is 9.80 Å². The summed E-state index contributed by atoms with van der Waals surface area (Å²) < 4.78 is 0. The summed E-state index contributed by atoms with van der Waals surface area (Å²) in [5, 5.41) is 0.150. The summed E-state index contributed by atoms with van der Waals surface area (Å²) in [7, 11) is 0. The van der Waals surface area contributed by atoms with Gasteiger partial charge in [-0.15, -0.1) is 0 Å². The molecule has 2 aliphatic heterocycles. The number of nitrogens with zero attached hydrogens (tertiary/aromatic N) is 2. The number of hydrogen-bond acceptors (Lipinski definition) is 2. The highest BCUT2D eigenvalue weighted by Gasteiger charge is 2.28. The van der Waals surface area contributed by atoms with Crippen molar-refractivity contribution in [1.29, 1.82) is 0 Å². The number of carbonyl (C=O) groups excluding carboxylic acids is 1. The largest absolute Gasteiger partial charge is 0.325 e. The van der Waals surface area contributed by atoms with Gasteiger partial charge in [-0.3, -0.25) is 0 Å². The summed E-state index contributed by atoms with van der Waals surface area (Å²) in [5.41, 5.74) is 0. The van der Waals surface area contributed by atoms with Gasteiger partial charge in [0.1, 0.15) is 0 Å². The number of piperidine rings is 1. The van der Waals surface area contributed by atoms with Crippen molar-refractivity contribution < 1.29 is 4.79 Å². The van der Waals surface area contributed by atoms with Crippen LogP contribution in [-0.4, -0.2) is 40.8 Å². The number of amides is 2. The Morgan fingerprint density at radius 3 is 2.36 bits per heavy atom. The molecular weight excluding hydrogens is 196 g/mol. The first-order valence-electron chi connectivity index (χ1n) is 5.52. The van der Waals surface area contributed by atoms with Gasteiger partial charge in [-0.1, -0.05) is 0 Å². The molecule has 2 saturated heterocycles. The summed E-state index contributed by atoms with van der Waals surface area (Å²) in [6.45, 7) is 2.77. The van der Waals surface area contributed by atoms with Gasteiger partial charge in [-0.25, -0.2) is 4.79 Å². The Morgan fingerprint density at radius 1 is 1.07 bits per heavy atom. The third-order valence-electron chi connectivity index (χ3n) is 3.09. The Bertz CT molecular complexity index is 216. The van der Waals surface area contributed by atoms with E-state index in [-0.39, 0.29) is 11.4 Å². The van der Waals surface area contributed by atoms with Crippen LogP contribution in [0.3, 0.4) is 0 Å². The van der Waals surface area contributed by atoms with E-state index in [0.717, 1.165) is 45.3 Å². The molecule has 1 atom stereocenters. The van der Waals surface area contributed by atoms with Gasteiger partial charge >= 0.3 is 6.03 Å². The lowest BCUT2D eigenvalue weighted by Gasteiger charge is -2.35. The third kappa shape index (κ3) is 2.00. The standard InChI is InChI=1S/C10H18N2OS/c13-10(11-6-3-4-7-11)12-8-2-1-5-9(12)14/h9,14H,1-8H2. The molecule has 3 nitrogen and oxygen atoms in total. The lowest BCUT2D eigenvalue weighted by Crippen LogP contribution is -2.47. The summed E-state index contributed by atoms with van der Waals surface area (Å²) in [5.74, 6) is 0. The lowest BCUT2D eigenvalue weighted by molar-refractivity contribution is 0.146. The highest BCUT2D eigenvalue weighted by molar-refractivity contribution is 7.80. The molecule has 2 aliphatic rings. The highest BCUT2D eigenvalue weighted by atomic mass is 32.1. The topological polar surface area (TPSA) is 23.6 Å². The van der Waals surface area contributed by atoms with Gasteiger partial charge in [0.05, 0.1) is 5.37 Å². The molecule has 0 aromatic carbocycles. The van der Waals surface area contributed by atoms with Crippen LogP contribution in [0.1, 0.15) is 32.1 Å². The summed E-state index contributed by atoms with van der Waals surface area (Å²) in [6, 6.07) is 0.210. The fourth-order valence-electron chi connectivity index (χ4n) is 2.23. The second-order valence-electron chi connectivity index (χ2n) is 4.15. The SMILES string of the molecule is O=C(N1CCCC1)N1CCCCC1S. The Hall–Kier alpha value is -0.380. The van der Waals surface area contributed by atoms with Gasteiger partial charge in [0.2, 0.25) is 0 Å². The van der Waals surface area contributed by atoms with E-state index >= 15 is 0 Å². The Morgan fingerprint density at radius 2 is 1.71 bits per heavy atom. The molecule has 4 heteroatoms. The van der Waals surface area contributed by atoms with Crippen LogP contribution in [0.15, 0.2) is 0 Å². The third-order valence-corrected chi connectivity index (χ3v) is 3.63. The first-order chi connectivity index (χ1) is 6.79. The number of carbonyl (C=O) groups is 1. The minimum Gasteiger partial charge on any atom is -0.325 e. The molecule has 0 aromatic heterocycles. The fraction of sp³-hybridized carbons (Fsp3) is 0.900. The van der Waals surface area contributed by atoms with Gasteiger partial charge in [0.25, 0.3) is 0 Å². The summed E-state index contributed by atoms with van der Waals surface area (Å²) in [4.78, 5) is 15.9. The number of rotatable bonds is 0. The molecular formula is C10H18N2OS. The van der Waals surface area contributed by atoms with Crippen molar-refractivity contribution in [2.75, 3.05) is 19.6 Å². The highest BCUT2D eigenvalue weighted by Crippen LogP contribution is 2.22. The van der Waals surface area contributed by atoms with Crippen LogP contribution in [0, 0.1) is 0 Å². The zero-order chi connectivity index (χ0) is 9.97. The van der Waals surface area contributed by atoms with Gasteiger partial charge in [0, 0.05) is 19.6 Å². The van der Waals surface area contributed by atoms with Crippen LogP contribution in [-0.2, 0) is 0 Å². The Balaban J connectivity index is 1.94. The van der Waals surface area contributed by atoms with E-state index in [1.165, 1.54) is 6.42 Å². The number of thiol groups is 1. The Labute approximate surface area is 90.8 Å². The predicted octanol–water partition coefficient (Wildman–Crippen LogP) is 1.94. The molecule has 0 saturated carbocycles. The van der Waals surface area contributed by atoms with Crippen LogP contribution in [0.4, 0.5) is 4.79 Å². The van der Waals surface area contributed by atoms with E-state index in [0.29, 0.717) is 0 Å². The molecule has 80 valence electrons. The smallest absolute Gasteiger partial charge is 0.320 e. The maximum absolute atomic E-state index is 12.0. The number of likely N-dealkylation sites (tertiary alicyclic amines) is 2. The molecule has 0 aromatic rings. The zero-order valence-electron chi connectivity index (χ0n) is 8.48. The van der Waals surface area contributed by atoms with E-state index in [9.17, 15) is 4.79 Å². The van der Waals surface area contributed by atoms with E-state index in [4.69, 9.17) is 0 Å². The Kier molecular flexibility index (Phi) is 3.21. The first-order valence-corrected chi connectivity index (χ1v) is 6.04. The quantitative estimate of drug-likeness (QED) is 0.612. The maximum atomic E-state index is 12.0. The van der Waals surface area contributed by atoms with Gasteiger partial charge in [-0.05, 0) is 32.1 Å². The molecule has 0 radical (unpaired) electrons. The van der Waals surface area contributed by atoms with Crippen LogP contribution >= 0.6 is 12.6 Å². The van der Waals surface area contributed by atoms with Crippen molar-refractivity contribution in [2.45, 2.75) is 37.5 Å².